The maximum atomic E-state index is 11.4. The Morgan fingerprint density at radius 3 is 2.47 bits per heavy atom. The number of hydrogen-bond donors (Lipinski definition) is 0. The first kappa shape index (κ1) is 15.2. The predicted octanol–water partition coefficient (Wildman–Crippen LogP) is 1.50. The number of methoxy groups -OCH3 is 2. The molecule has 0 aliphatic carbocycles. The molecule has 0 saturated carbocycles. The molecule has 0 aromatic heterocycles. The van der Waals surface area contributed by atoms with Gasteiger partial charge < -0.3 is 9.47 Å². The van der Waals surface area contributed by atoms with E-state index in [0.29, 0.717) is 17.9 Å². The monoisotopic (exact) mass is 265 g/mol. The average molecular weight is 265 g/mol. The van der Waals surface area contributed by atoms with E-state index in [4.69, 9.17) is 4.74 Å². The molecule has 0 radical (unpaired) electrons. The summed E-state index contributed by atoms with van der Waals surface area (Å²) in [5.74, 6) is 0.394. The van der Waals surface area contributed by atoms with Crippen LogP contribution in [0.1, 0.15) is 22.8 Å². The van der Waals surface area contributed by atoms with Gasteiger partial charge in [-0.3, -0.25) is 14.5 Å². The molecule has 0 fully saturated rings. The number of benzene rings is 1. The lowest BCUT2D eigenvalue weighted by molar-refractivity contribution is -0.141. The van der Waals surface area contributed by atoms with Crippen LogP contribution in [0.25, 0.3) is 0 Å². The van der Waals surface area contributed by atoms with Gasteiger partial charge in [0.2, 0.25) is 0 Å². The van der Waals surface area contributed by atoms with E-state index in [-0.39, 0.29) is 18.3 Å². The van der Waals surface area contributed by atoms with Crippen LogP contribution in [0.3, 0.4) is 0 Å². The molecule has 104 valence electrons. The number of rotatable bonds is 6. The Morgan fingerprint density at radius 2 is 1.95 bits per heavy atom. The van der Waals surface area contributed by atoms with E-state index in [2.05, 4.69) is 4.74 Å². The number of carbonyl (C=O) groups excluding carboxylic acids is 2. The van der Waals surface area contributed by atoms with E-state index >= 15 is 0 Å². The minimum atomic E-state index is -0.302. The molecule has 0 spiro atoms. The SMILES string of the molecule is COC(=O)CN(C)Cc1cc(C(C)=O)ccc1OC. The zero-order valence-corrected chi connectivity index (χ0v) is 11.7. The summed E-state index contributed by atoms with van der Waals surface area (Å²) in [6.07, 6.45) is 0. The first-order chi connectivity index (χ1) is 8.97. The van der Waals surface area contributed by atoms with Crippen LogP contribution in [0.15, 0.2) is 18.2 Å². The van der Waals surface area contributed by atoms with Gasteiger partial charge in [-0.25, -0.2) is 0 Å². The predicted molar refractivity (Wildman–Crippen MR) is 71.3 cm³/mol. The highest BCUT2D eigenvalue weighted by Crippen LogP contribution is 2.21. The number of Topliss-reactive ketones (excluding diaryl/α,β-unsaturated/α-hetero) is 1. The number of carbonyl (C=O) groups is 2. The Hall–Kier alpha value is -1.88. The molecule has 0 amide bonds. The van der Waals surface area contributed by atoms with Crippen LogP contribution in [-0.4, -0.2) is 44.5 Å². The Labute approximate surface area is 113 Å². The lowest BCUT2D eigenvalue weighted by atomic mass is 10.1. The second kappa shape index (κ2) is 6.89. The van der Waals surface area contributed by atoms with Gasteiger partial charge in [-0.05, 0) is 32.2 Å². The van der Waals surface area contributed by atoms with Crippen molar-refractivity contribution in [2.45, 2.75) is 13.5 Å². The minimum Gasteiger partial charge on any atom is -0.496 e. The van der Waals surface area contributed by atoms with E-state index in [1.807, 2.05) is 0 Å². The smallest absolute Gasteiger partial charge is 0.319 e. The fourth-order valence-corrected chi connectivity index (χ4v) is 1.75. The van der Waals surface area contributed by atoms with Crippen LogP contribution < -0.4 is 4.74 Å². The molecular weight excluding hydrogens is 246 g/mol. The maximum Gasteiger partial charge on any atom is 0.319 e. The maximum absolute atomic E-state index is 11.4. The fraction of sp³-hybridized carbons (Fsp3) is 0.429. The third kappa shape index (κ3) is 4.37. The highest BCUT2D eigenvalue weighted by Gasteiger charge is 2.12. The summed E-state index contributed by atoms with van der Waals surface area (Å²) in [6, 6.07) is 5.28. The molecule has 1 rings (SSSR count). The largest absolute Gasteiger partial charge is 0.496 e. The summed E-state index contributed by atoms with van der Waals surface area (Å²) in [7, 11) is 4.73. The molecule has 0 atom stereocenters. The van der Waals surface area contributed by atoms with Crippen molar-refractivity contribution in [2.24, 2.45) is 0 Å². The molecule has 1 aromatic rings. The third-order valence-electron chi connectivity index (χ3n) is 2.75. The topological polar surface area (TPSA) is 55.8 Å². The molecule has 0 unspecified atom stereocenters. The lowest BCUT2D eigenvalue weighted by Gasteiger charge is -2.17. The van der Waals surface area contributed by atoms with E-state index in [1.54, 1.807) is 37.3 Å². The quantitative estimate of drug-likeness (QED) is 0.576. The van der Waals surface area contributed by atoms with Gasteiger partial charge in [0.1, 0.15) is 5.75 Å². The van der Waals surface area contributed by atoms with E-state index < -0.39 is 0 Å². The normalized spacial score (nSPS) is 10.4. The Balaban J connectivity index is 2.88. The number of likely N-dealkylation sites (N-methyl/N-ethyl adjacent to an activating group) is 1. The van der Waals surface area contributed by atoms with Crippen LogP contribution in [0.4, 0.5) is 0 Å². The molecule has 0 N–H and O–H groups in total. The summed E-state index contributed by atoms with van der Waals surface area (Å²) in [4.78, 5) is 24.4. The van der Waals surface area contributed by atoms with Crippen molar-refractivity contribution in [2.75, 3.05) is 27.8 Å². The van der Waals surface area contributed by atoms with Crippen molar-refractivity contribution in [1.29, 1.82) is 0 Å². The number of esters is 1. The van der Waals surface area contributed by atoms with E-state index in [9.17, 15) is 9.59 Å². The van der Waals surface area contributed by atoms with Crippen LogP contribution in [-0.2, 0) is 16.1 Å². The van der Waals surface area contributed by atoms with Crippen LogP contribution >= 0.6 is 0 Å². The first-order valence-electron chi connectivity index (χ1n) is 5.91. The van der Waals surface area contributed by atoms with Gasteiger partial charge in [0.05, 0.1) is 20.8 Å². The van der Waals surface area contributed by atoms with Crippen molar-refractivity contribution in [3.8, 4) is 5.75 Å². The number of ether oxygens (including phenoxy) is 2. The lowest BCUT2D eigenvalue weighted by Crippen LogP contribution is -2.26. The number of nitrogens with zero attached hydrogens (tertiary/aromatic N) is 1. The number of ketones is 1. The minimum absolute atomic E-state index is 0.000441. The van der Waals surface area contributed by atoms with Crippen LogP contribution in [0, 0.1) is 0 Å². The van der Waals surface area contributed by atoms with Crippen molar-refractivity contribution in [3.63, 3.8) is 0 Å². The van der Waals surface area contributed by atoms with Gasteiger partial charge in [0.25, 0.3) is 0 Å². The van der Waals surface area contributed by atoms with Gasteiger partial charge in [0, 0.05) is 17.7 Å². The van der Waals surface area contributed by atoms with E-state index in [1.165, 1.54) is 14.0 Å². The molecule has 5 nitrogen and oxygen atoms in total. The summed E-state index contributed by atoms with van der Waals surface area (Å²) >= 11 is 0. The summed E-state index contributed by atoms with van der Waals surface area (Å²) in [6.45, 7) is 2.20. The molecule has 0 heterocycles. The van der Waals surface area contributed by atoms with E-state index in [0.717, 1.165) is 5.56 Å². The Morgan fingerprint density at radius 1 is 1.26 bits per heavy atom. The first-order valence-corrected chi connectivity index (χ1v) is 5.91. The van der Waals surface area contributed by atoms with Crippen LogP contribution in [0.2, 0.25) is 0 Å². The zero-order valence-electron chi connectivity index (χ0n) is 11.7. The molecule has 0 aliphatic heterocycles. The van der Waals surface area contributed by atoms with Gasteiger partial charge in [-0.15, -0.1) is 0 Å². The zero-order chi connectivity index (χ0) is 14.4. The highest BCUT2D eigenvalue weighted by atomic mass is 16.5. The van der Waals surface area contributed by atoms with Gasteiger partial charge in [-0.1, -0.05) is 0 Å². The highest BCUT2D eigenvalue weighted by molar-refractivity contribution is 5.94. The van der Waals surface area contributed by atoms with Crippen molar-refractivity contribution in [1.82, 2.24) is 4.90 Å². The standard InChI is InChI=1S/C14H19NO4/c1-10(16)11-5-6-13(18-3)12(7-11)8-15(2)9-14(17)19-4/h5-7H,8-9H2,1-4H3. The molecular formula is C14H19NO4. The summed E-state index contributed by atoms with van der Waals surface area (Å²) in [5.41, 5.74) is 1.49. The molecule has 0 bridgehead atoms. The van der Waals surface area contributed by atoms with Gasteiger partial charge in [-0.2, -0.15) is 0 Å². The summed E-state index contributed by atoms with van der Waals surface area (Å²) in [5, 5.41) is 0. The second-order valence-corrected chi connectivity index (χ2v) is 4.33. The van der Waals surface area contributed by atoms with Crippen LogP contribution in [0.5, 0.6) is 5.75 Å². The van der Waals surface area contributed by atoms with Crippen molar-refractivity contribution in [3.05, 3.63) is 29.3 Å². The Kier molecular flexibility index (Phi) is 5.51. The average Bonchev–Trinajstić information content (AvgIpc) is 2.38. The van der Waals surface area contributed by atoms with Crippen molar-refractivity contribution < 1.29 is 19.1 Å². The Bertz CT molecular complexity index is 471. The molecule has 5 heteroatoms. The fourth-order valence-electron chi connectivity index (χ4n) is 1.75. The molecule has 1 aromatic carbocycles. The molecule has 0 saturated heterocycles. The second-order valence-electron chi connectivity index (χ2n) is 4.33. The molecule has 19 heavy (non-hydrogen) atoms. The van der Waals surface area contributed by atoms with Gasteiger partial charge >= 0.3 is 5.97 Å². The number of hydrogen-bond acceptors (Lipinski definition) is 5. The van der Waals surface area contributed by atoms with Gasteiger partial charge in [0.15, 0.2) is 5.78 Å². The van der Waals surface area contributed by atoms with Crippen molar-refractivity contribution >= 4 is 11.8 Å². The summed E-state index contributed by atoms with van der Waals surface area (Å²) < 4.78 is 9.87. The third-order valence-corrected chi connectivity index (χ3v) is 2.75. The molecule has 0 aliphatic rings.